The molecule has 1 unspecified atom stereocenters. The van der Waals surface area contributed by atoms with Crippen molar-refractivity contribution in [2.24, 2.45) is 0 Å². The standard InChI is InChI=1S/C20H23N5O4/c1-20(2)18(27)25(19(28)23-20)10-16(26)24-8-14(17-15(9-24)21-11-22-17)12-4-6-13(29-3)7-5-12/h4-7,11,14H,8-10H2,1-3H3,(H,21,22)(H,23,28). The largest absolute Gasteiger partial charge is 0.497 e. The summed E-state index contributed by atoms with van der Waals surface area (Å²) in [5.41, 5.74) is 1.76. The SMILES string of the molecule is COc1ccc(C2CN(C(=O)CN3C(=O)NC(C)(C)C3=O)Cc3[nH]cnc32)cc1. The Morgan fingerprint density at radius 3 is 2.62 bits per heavy atom. The second-order valence-electron chi connectivity index (χ2n) is 7.81. The number of hydrogen-bond donors (Lipinski definition) is 2. The maximum absolute atomic E-state index is 13.0. The molecule has 1 aromatic heterocycles. The first kappa shape index (κ1) is 19.0. The number of amides is 4. The number of imidazole rings is 1. The van der Waals surface area contributed by atoms with Gasteiger partial charge in [-0.15, -0.1) is 0 Å². The summed E-state index contributed by atoms with van der Waals surface area (Å²) in [7, 11) is 1.61. The van der Waals surface area contributed by atoms with E-state index in [2.05, 4.69) is 15.3 Å². The molecule has 152 valence electrons. The van der Waals surface area contributed by atoms with Gasteiger partial charge in [-0.3, -0.25) is 14.5 Å². The summed E-state index contributed by atoms with van der Waals surface area (Å²) in [4.78, 5) is 47.7. The third kappa shape index (κ3) is 3.32. The number of urea groups is 1. The molecule has 1 fully saturated rings. The van der Waals surface area contributed by atoms with Crippen molar-refractivity contribution in [3.05, 3.63) is 47.5 Å². The Morgan fingerprint density at radius 1 is 1.28 bits per heavy atom. The number of nitrogens with zero attached hydrogens (tertiary/aromatic N) is 3. The Labute approximate surface area is 168 Å². The maximum atomic E-state index is 13.0. The van der Waals surface area contributed by atoms with Crippen LogP contribution in [0.2, 0.25) is 0 Å². The molecular weight excluding hydrogens is 374 g/mol. The molecule has 0 radical (unpaired) electrons. The molecule has 2 aliphatic rings. The second kappa shape index (κ2) is 6.91. The fraction of sp³-hybridized carbons (Fsp3) is 0.400. The number of fused-ring (bicyclic) bond motifs is 1. The van der Waals surface area contributed by atoms with Crippen LogP contribution in [-0.4, -0.2) is 63.4 Å². The molecule has 1 aromatic carbocycles. The van der Waals surface area contributed by atoms with Crippen LogP contribution in [0.1, 0.15) is 36.7 Å². The van der Waals surface area contributed by atoms with E-state index in [1.807, 2.05) is 24.3 Å². The molecule has 4 rings (SSSR count). The van der Waals surface area contributed by atoms with Crippen LogP contribution in [0.4, 0.5) is 4.79 Å². The fourth-order valence-electron chi connectivity index (χ4n) is 3.81. The lowest BCUT2D eigenvalue weighted by Crippen LogP contribution is -2.46. The number of aromatic amines is 1. The molecule has 0 saturated carbocycles. The van der Waals surface area contributed by atoms with E-state index in [4.69, 9.17) is 4.74 Å². The quantitative estimate of drug-likeness (QED) is 0.755. The van der Waals surface area contributed by atoms with E-state index >= 15 is 0 Å². The Hall–Kier alpha value is -3.36. The molecule has 4 amide bonds. The van der Waals surface area contributed by atoms with Gasteiger partial charge in [-0.2, -0.15) is 0 Å². The van der Waals surface area contributed by atoms with Gasteiger partial charge in [0.15, 0.2) is 0 Å². The van der Waals surface area contributed by atoms with Crippen molar-refractivity contribution < 1.29 is 19.1 Å². The molecular formula is C20H23N5O4. The summed E-state index contributed by atoms with van der Waals surface area (Å²) in [6.07, 6.45) is 1.62. The molecule has 0 aliphatic carbocycles. The van der Waals surface area contributed by atoms with Gasteiger partial charge in [0.25, 0.3) is 5.91 Å². The van der Waals surface area contributed by atoms with Crippen molar-refractivity contribution >= 4 is 17.8 Å². The first-order valence-electron chi connectivity index (χ1n) is 9.38. The molecule has 1 saturated heterocycles. The molecule has 2 aliphatic heterocycles. The monoisotopic (exact) mass is 397 g/mol. The van der Waals surface area contributed by atoms with Gasteiger partial charge in [-0.25, -0.2) is 9.78 Å². The second-order valence-corrected chi connectivity index (χ2v) is 7.81. The topological polar surface area (TPSA) is 108 Å². The van der Waals surface area contributed by atoms with Gasteiger partial charge in [-0.05, 0) is 31.5 Å². The summed E-state index contributed by atoms with van der Waals surface area (Å²) >= 11 is 0. The highest BCUT2D eigenvalue weighted by atomic mass is 16.5. The van der Waals surface area contributed by atoms with Crippen molar-refractivity contribution in [3.63, 3.8) is 0 Å². The Kier molecular flexibility index (Phi) is 4.52. The molecule has 2 aromatic rings. The number of hydrogen-bond acceptors (Lipinski definition) is 5. The lowest BCUT2D eigenvalue weighted by Gasteiger charge is -2.33. The number of carbonyl (C=O) groups is 3. The maximum Gasteiger partial charge on any atom is 0.325 e. The zero-order valence-electron chi connectivity index (χ0n) is 16.6. The van der Waals surface area contributed by atoms with Gasteiger partial charge in [0.2, 0.25) is 5.91 Å². The number of carbonyl (C=O) groups excluding carboxylic acids is 3. The van der Waals surface area contributed by atoms with E-state index < -0.39 is 17.5 Å². The number of rotatable bonds is 4. The minimum Gasteiger partial charge on any atom is -0.497 e. The number of methoxy groups -OCH3 is 1. The zero-order valence-corrected chi connectivity index (χ0v) is 16.6. The van der Waals surface area contributed by atoms with E-state index in [0.29, 0.717) is 13.1 Å². The number of imide groups is 1. The predicted molar refractivity (Wildman–Crippen MR) is 103 cm³/mol. The number of ether oxygens (including phenoxy) is 1. The summed E-state index contributed by atoms with van der Waals surface area (Å²) in [5.74, 6) is -0.0490. The van der Waals surface area contributed by atoms with Crippen molar-refractivity contribution in [1.29, 1.82) is 0 Å². The first-order valence-corrected chi connectivity index (χ1v) is 9.38. The van der Waals surface area contributed by atoms with Crippen LogP contribution in [0, 0.1) is 0 Å². The third-order valence-corrected chi connectivity index (χ3v) is 5.44. The smallest absolute Gasteiger partial charge is 0.325 e. The highest BCUT2D eigenvalue weighted by molar-refractivity contribution is 6.08. The number of nitrogens with one attached hydrogen (secondary N) is 2. The molecule has 2 N–H and O–H groups in total. The highest BCUT2D eigenvalue weighted by Gasteiger charge is 2.45. The predicted octanol–water partition coefficient (Wildman–Crippen LogP) is 1.22. The summed E-state index contributed by atoms with van der Waals surface area (Å²) < 4.78 is 5.22. The normalized spacial score (nSPS) is 20.4. The van der Waals surface area contributed by atoms with E-state index in [1.165, 1.54) is 0 Å². The molecule has 0 spiro atoms. The summed E-state index contributed by atoms with van der Waals surface area (Å²) in [6.45, 7) is 3.72. The molecule has 0 bridgehead atoms. The van der Waals surface area contributed by atoms with Crippen LogP contribution >= 0.6 is 0 Å². The number of benzene rings is 1. The van der Waals surface area contributed by atoms with Crippen molar-refractivity contribution in [2.75, 3.05) is 20.2 Å². The van der Waals surface area contributed by atoms with Crippen LogP contribution in [0.5, 0.6) is 5.75 Å². The Balaban J connectivity index is 1.55. The summed E-state index contributed by atoms with van der Waals surface area (Å²) in [6, 6.07) is 7.11. The number of H-pyrrole nitrogens is 1. The van der Waals surface area contributed by atoms with E-state index in [0.717, 1.165) is 27.6 Å². The van der Waals surface area contributed by atoms with Crippen molar-refractivity contribution in [1.82, 2.24) is 25.1 Å². The summed E-state index contributed by atoms with van der Waals surface area (Å²) in [5, 5.41) is 2.60. The molecule has 9 heteroatoms. The van der Waals surface area contributed by atoms with Crippen LogP contribution in [0.15, 0.2) is 30.6 Å². The van der Waals surface area contributed by atoms with Gasteiger partial charge in [-0.1, -0.05) is 12.1 Å². The van der Waals surface area contributed by atoms with Crippen LogP contribution in [-0.2, 0) is 16.1 Å². The van der Waals surface area contributed by atoms with Gasteiger partial charge in [0.1, 0.15) is 17.8 Å². The molecule has 1 atom stereocenters. The van der Waals surface area contributed by atoms with Crippen LogP contribution < -0.4 is 10.1 Å². The van der Waals surface area contributed by atoms with E-state index in [-0.39, 0.29) is 18.4 Å². The minimum atomic E-state index is -0.999. The van der Waals surface area contributed by atoms with Gasteiger partial charge >= 0.3 is 6.03 Å². The molecule has 9 nitrogen and oxygen atoms in total. The van der Waals surface area contributed by atoms with Crippen molar-refractivity contribution in [3.8, 4) is 5.75 Å². The van der Waals surface area contributed by atoms with Gasteiger partial charge in [0, 0.05) is 12.5 Å². The lowest BCUT2D eigenvalue weighted by molar-refractivity contribution is -0.139. The zero-order chi connectivity index (χ0) is 20.8. The van der Waals surface area contributed by atoms with E-state index in [1.54, 1.807) is 32.2 Å². The van der Waals surface area contributed by atoms with Gasteiger partial charge in [0.05, 0.1) is 31.4 Å². The highest BCUT2D eigenvalue weighted by Crippen LogP contribution is 2.32. The minimum absolute atomic E-state index is 0.112. The van der Waals surface area contributed by atoms with Gasteiger partial charge < -0.3 is 19.9 Å². The Morgan fingerprint density at radius 2 is 2.00 bits per heavy atom. The van der Waals surface area contributed by atoms with Crippen LogP contribution in [0.3, 0.4) is 0 Å². The average Bonchev–Trinajstić information content (AvgIpc) is 3.25. The Bertz CT molecular complexity index is 966. The molecule has 29 heavy (non-hydrogen) atoms. The van der Waals surface area contributed by atoms with Crippen LogP contribution in [0.25, 0.3) is 0 Å². The first-order chi connectivity index (χ1) is 13.8. The van der Waals surface area contributed by atoms with E-state index in [9.17, 15) is 14.4 Å². The average molecular weight is 397 g/mol. The molecule has 3 heterocycles. The fourth-order valence-corrected chi connectivity index (χ4v) is 3.81. The third-order valence-electron chi connectivity index (χ3n) is 5.44. The number of aromatic nitrogens is 2. The van der Waals surface area contributed by atoms with Crippen molar-refractivity contribution in [2.45, 2.75) is 31.8 Å². The lowest BCUT2D eigenvalue weighted by atomic mass is 9.91.